The third kappa shape index (κ3) is 7.04. The summed E-state index contributed by atoms with van der Waals surface area (Å²) in [6.07, 6.45) is 0.987. The van der Waals surface area contributed by atoms with Crippen LogP contribution in [0, 0.1) is 17.1 Å². The van der Waals surface area contributed by atoms with Crippen LogP contribution in [0.15, 0.2) is 36.7 Å². The summed E-state index contributed by atoms with van der Waals surface area (Å²) in [5.74, 6) is 0.697. The standard InChI is InChI=1S/C22H23ClFN5O3.ClH/c1-29(7-3-6-25)11-15(30)12-32-21-10-19-16(9-20(21)31-2)22(27-13-26-19)28-18-5-4-14(23)8-17(18)24;/h4-5,8-10,13,15,30H,3,7,11-12H2,1-2H3,(H,26,27,28);1H. The number of hydrogen-bond acceptors (Lipinski definition) is 8. The number of rotatable bonds is 10. The van der Waals surface area contributed by atoms with Crippen LogP contribution in [0.1, 0.15) is 6.42 Å². The van der Waals surface area contributed by atoms with Gasteiger partial charge >= 0.3 is 0 Å². The number of fused-ring (bicyclic) bond motifs is 1. The van der Waals surface area contributed by atoms with E-state index in [0.29, 0.717) is 52.8 Å². The summed E-state index contributed by atoms with van der Waals surface area (Å²) in [6.45, 7) is 0.958. The van der Waals surface area contributed by atoms with Gasteiger partial charge in [0.1, 0.15) is 30.7 Å². The van der Waals surface area contributed by atoms with Crippen LogP contribution in [-0.4, -0.2) is 59.9 Å². The molecule has 0 amide bonds. The van der Waals surface area contributed by atoms with Crippen LogP contribution in [0.2, 0.25) is 5.02 Å². The van der Waals surface area contributed by atoms with Gasteiger partial charge in [-0.3, -0.25) is 0 Å². The third-order valence-corrected chi connectivity index (χ3v) is 4.90. The smallest absolute Gasteiger partial charge is 0.163 e. The molecule has 0 saturated heterocycles. The quantitative estimate of drug-likeness (QED) is 0.431. The number of benzene rings is 2. The summed E-state index contributed by atoms with van der Waals surface area (Å²) in [5, 5.41) is 22.7. The molecule has 1 atom stereocenters. The van der Waals surface area contributed by atoms with Crippen molar-refractivity contribution >= 4 is 46.4 Å². The fourth-order valence-corrected chi connectivity index (χ4v) is 3.24. The predicted molar refractivity (Wildman–Crippen MR) is 127 cm³/mol. The molecule has 11 heteroatoms. The van der Waals surface area contributed by atoms with Gasteiger partial charge in [-0.15, -0.1) is 12.4 Å². The van der Waals surface area contributed by atoms with Gasteiger partial charge < -0.3 is 24.8 Å². The number of aliphatic hydroxyl groups excluding tert-OH is 1. The summed E-state index contributed by atoms with van der Waals surface area (Å²) in [7, 11) is 3.32. The van der Waals surface area contributed by atoms with Crippen LogP contribution in [0.3, 0.4) is 0 Å². The molecule has 8 nitrogen and oxygen atoms in total. The molecule has 2 N–H and O–H groups in total. The highest BCUT2D eigenvalue weighted by Crippen LogP contribution is 2.35. The first-order chi connectivity index (χ1) is 15.4. The molecule has 1 aromatic heterocycles. The predicted octanol–water partition coefficient (Wildman–Crippen LogP) is 4.18. The van der Waals surface area contributed by atoms with Crippen molar-refractivity contribution in [1.29, 1.82) is 5.26 Å². The number of aliphatic hydroxyl groups is 1. The van der Waals surface area contributed by atoms with Crippen LogP contribution in [0.25, 0.3) is 10.9 Å². The first-order valence-electron chi connectivity index (χ1n) is 9.82. The minimum absolute atomic E-state index is 0. The zero-order valence-electron chi connectivity index (χ0n) is 18.1. The van der Waals surface area contributed by atoms with Gasteiger partial charge in [0.25, 0.3) is 0 Å². The van der Waals surface area contributed by atoms with Gasteiger partial charge in [0.2, 0.25) is 0 Å². The average molecular weight is 496 g/mol. The minimum atomic E-state index is -0.755. The van der Waals surface area contributed by atoms with Crippen molar-refractivity contribution in [3.63, 3.8) is 0 Å². The lowest BCUT2D eigenvalue weighted by Gasteiger charge is -2.20. The van der Waals surface area contributed by atoms with Gasteiger partial charge in [-0.25, -0.2) is 14.4 Å². The van der Waals surface area contributed by atoms with Crippen LogP contribution in [0.4, 0.5) is 15.9 Å². The number of aromatic nitrogens is 2. The number of ether oxygens (including phenoxy) is 2. The number of nitrogens with zero attached hydrogens (tertiary/aromatic N) is 4. The molecule has 0 aliphatic rings. The Kier molecular flexibility index (Phi) is 9.88. The summed E-state index contributed by atoms with van der Waals surface area (Å²) >= 11 is 5.82. The van der Waals surface area contributed by atoms with E-state index in [0.717, 1.165) is 0 Å². The maximum Gasteiger partial charge on any atom is 0.163 e. The molecule has 0 aliphatic heterocycles. The van der Waals surface area contributed by atoms with E-state index in [1.165, 1.54) is 25.6 Å². The van der Waals surface area contributed by atoms with E-state index >= 15 is 0 Å². The Morgan fingerprint density at radius 1 is 1.27 bits per heavy atom. The Labute approximate surface area is 202 Å². The van der Waals surface area contributed by atoms with Crippen LogP contribution in [0.5, 0.6) is 11.5 Å². The second kappa shape index (κ2) is 12.4. The molecule has 0 fully saturated rings. The molecule has 0 radical (unpaired) electrons. The first-order valence-corrected chi connectivity index (χ1v) is 10.2. The SMILES string of the molecule is COc1cc2c(Nc3ccc(Cl)cc3F)ncnc2cc1OCC(O)CN(C)CCC#N.Cl. The molecule has 0 spiro atoms. The molecule has 1 heterocycles. The van der Waals surface area contributed by atoms with E-state index in [4.69, 9.17) is 26.3 Å². The Bertz CT molecular complexity index is 1130. The fraction of sp³-hybridized carbons (Fsp3) is 0.318. The lowest BCUT2D eigenvalue weighted by Crippen LogP contribution is -2.33. The highest BCUT2D eigenvalue weighted by molar-refractivity contribution is 6.30. The number of nitriles is 1. The number of hydrogen-bond donors (Lipinski definition) is 2. The van der Waals surface area contributed by atoms with Crippen LogP contribution >= 0.6 is 24.0 Å². The molecule has 1 unspecified atom stereocenters. The van der Waals surface area contributed by atoms with Crippen molar-refractivity contribution in [3.8, 4) is 17.6 Å². The lowest BCUT2D eigenvalue weighted by atomic mass is 10.2. The summed E-state index contributed by atoms with van der Waals surface area (Å²) < 4.78 is 25.4. The highest BCUT2D eigenvalue weighted by Gasteiger charge is 2.15. The molecule has 0 aliphatic carbocycles. The number of likely N-dealkylation sites (N-methyl/N-ethyl adjacent to an activating group) is 1. The van der Waals surface area contributed by atoms with E-state index in [2.05, 4.69) is 21.4 Å². The first kappa shape index (κ1) is 26.4. The number of methoxy groups -OCH3 is 1. The van der Waals surface area contributed by atoms with Crippen LogP contribution in [-0.2, 0) is 0 Å². The van der Waals surface area contributed by atoms with Gasteiger partial charge in [0, 0.05) is 36.0 Å². The van der Waals surface area contributed by atoms with Gasteiger partial charge in [-0.2, -0.15) is 5.26 Å². The molecule has 0 bridgehead atoms. The van der Waals surface area contributed by atoms with E-state index in [-0.39, 0.29) is 24.7 Å². The van der Waals surface area contributed by atoms with Gasteiger partial charge in [-0.1, -0.05) is 11.6 Å². The Hall–Kier alpha value is -2.90. The normalized spacial score (nSPS) is 11.5. The minimum Gasteiger partial charge on any atom is -0.493 e. The Balaban J connectivity index is 0.00000385. The topological polar surface area (TPSA) is 104 Å². The number of halogens is 3. The molecule has 0 saturated carbocycles. The second-order valence-corrected chi connectivity index (χ2v) is 7.56. The van der Waals surface area contributed by atoms with Gasteiger partial charge in [0.05, 0.1) is 24.4 Å². The average Bonchev–Trinajstić information content (AvgIpc) is 2.77. The van der Waals surface area contributed by atoms with Crippen molar-refractivity contribution in [2.45, 2.75) is 12.5 Å². The van der Waals surface area contributed by atoms with Gasteiger partial charge in [-0.05, 0) is 31.3 Å². The monoisotopic (exact) mass is 495 g/mol. The van der Waals surface area contributed by atoms with E-state index in [1.807, 2.05) is 11.9 Å². The molecule has 3 rings (SSSR count). The summed E-state index contributed by atoms with van der Waals surface area (Å²) in [4.78, 5) is 10.3. The van der Waals surface area contributed by atoms with E-state index < -0.39 is 11.9 Å². The molecule has 33 heavy (non-hydrogen) atoms. The summed E-state index contributed by atoms with van der Waals surface area (Å²) in [5.41, 5.74) is 0.769. The van der Waals surface area contributed by atoms with Crippen molar-refractivity contribution in [1.82, 2.24) is 14.9 Å². The van der Waals surface area contributed by atoms with Crippen LogP contribution < -0.4 is 14.8 Å². The molecule has 3 aromatic rings. The maximum absolute atomic E-state index is 14.2. The zero-order chi connectivity index (χ0) is 23.1. The van der Waals surface area contributed by atoms with Crippen molar-refractivity contribution in [2.75, 3.05) is 39.2 Å². The third-order valence-electron chi connectivity index (χ3n) is 4.66. The highest BCUT2D eigenvalue weighted by atomic mass is 35.5. The number of anilines is 2. The summed E-state index contributed by atoms with van der Waals surface area (Å²) in [6, 6.07) is 9.74. The Morgan fingerprint density at radius 3 is 2.76 bits per heavy atom. The maximum atomic E-state index is 14.2. The lowest BCUT2D eigenvalue weighted by molar-refractivity contribution is 0.0759. The van der Waals surface area contributed by atoms with E-state index in [1.54, 1.807) is 18.2 Å². The largest absolute Gasteiger partial charge is 0.493 e. The Morgan fingerprint density at radius 2 is 2.06 bits per heavy atom. The fourth-order valence-electron chi connectivity index (χ4n) is 3.08. The second-order valence-electron chi connectivity index (χ2n) is 7.13. The van der Waals surface area contributed by atoms with Crippen molar-refractivity contribution in [3.05, 3.63) is 47.5 Å². The van der Waals surface area contributed by atoms with Crippen molar-refractivity contribution in [2.24, 2.45) is 0 Å². The van der Waals surface area contributed by atoms with Gasteiger partial charge in [0.15, 0.2) is 11.5 Å². The molecule has 176 valence electrons. The molecule has 2 aromatic carbocycles. The van der Waals surface area contributed by atoms with E-state index in [9.17, 15) is 9.50 Å². The number of nitrogens with one attached hydrogen (secondary N) is 1. The zero-order valence-corrected chi connectivity index (χ0v) is 19.7. The molecular weight excluding hydrogens is 472 g/mol. The van der Waals surface area contributed by atoms with Crippen molar-refractivity contribution < 1.29 is 19.0 Å². The molecular formula is C22H24Cl2FN5O3.